The van der Waals surface area contributed by atoms with Crippen molar-refractivity contribution in [2.45, 2.75) is 12.6 Å². The van der Waals surface area contributed by atoms with Crippen molar-refractivity contribution >= 4 is 27.9 Å². The van der Waals surface area contributed by atoms with Gasteiger partial charge < -0.3 is 16.8 Å². The molecule has 1 heterocycles. The molecule has 1 aromatic heterocycles. The molecule has 0 saturated heterocycles. The molecule has 5 N–H and O–H groups in total. The number of primary amides is 1. The van der Waals surface area contributed by atoms with Gasteiger partial charge in [-0.1, -0.05) is 0 Å². The van der Waals surface area contributed by atoms with E-state index in [0.717, 1.165) is 11.3 Å². The number of thiophene rings is 1. The number of halogens is 3. The lowest BCUT2D eigenvalue weighted by molar-refractivity contribution is -0.131. The summed E-state index contributed by atoms with van der Waals surface area (Å²) in [6, 6.07) is 1.74. The SMILES string of the molecule is N#Cc1sc(NCCC(F)(F)F)c(C(N)=O)c1N. The van der Waals surface area contributed by atoms with Crippen LogP contribution in [0.2, 0.25) is 0 Å². The van der Waals surface area contributed by atoms with Crippen molar-refractivity contribution in [3.05, 3.63) is 10.4 Å². The van der Waals surface area contributed by atoms with E-state index in [2.05, 4.69) is 5.32 Å². The van der Waals surface area contributed by atoms with E-state index >= 15 is 0 Å². The first kappa shape index (κ1) is 14.1. The molecule has 0 aliphatic heterocycles. The first-order valence-corrected chi connectivity index (χ1v) is 5.50. The van der Waals surface area contributed by atoms with Gasteiger partial charge in [-0.15, -0.1) is 11.3 Å². The zero-order valence-electron chi connectivity index (χ0n) is 8.97. The molecule has 0 spiro atoms. The molecule has 1 aromatic rings. The zero-order chi connectivity index (χ0) is 13.9. The third kappa shape index (κ3) is 3.27. The molecular weight excluding hydrogens is 269 g/mol. The van der Waals surface area contributed by atoms with Crippen molar-refractivity contribution < 1.29 is 18.0 Å². The number of amides is 1. The number of nitriles is 1. The summed E-state index contributed by atoms with van der Waals surface area (Å²) in [5.74, 6) is -0.889. The van der Waals surface area contributed by atoms with Gasteiger partial charge in [-0.3, -0.25) is 4.79 Å². The van der Waals surface area contributed by atoms with Crippen LogP contribution in [0.15, 0.2) is 0 Å². The van der Waals surface area contributed by atoms with Gasteiger partial charge >= 0.3 is 6.18 Å². The molecule has 0 saturated carbocycles. The van der Waals surface area contributed by atoms with Crippen LogP contribution in [0, 0.1) is 11.3 Å². The van der Waals surface area contributed by atoms with Gasteiger partial charge in [0.05, 0.1) is 17.7 Å². The molecule has 5 nitrogen and oxygen atoms in total. The normalized spacial score (nSPS) is 11.0. The number of nitrogens with two attached hydrogens (primary N) is 2. The number of carbonyl (C=O) groups is 1. The van der Waals surface area contributed by atoms with Crippen LogP contribution in [0.4, 0.5) is 23.9 Å². The summed E-state index contributed by atoms with van der Waals surface area (Å²) in [5.41, 5.74) is 10.3. The molecule has 9 heteroatoms. The Kier molecular flexibility index (Phi) is 4.03. The third-order valence-corrected chi connectivity index (χ3v) is 3.06. The summed E-state index contributed by atoms with van der Waals surface area (Å²) in [6.07, 6.45) is -5.37. The first-order valence-electron chi connectivity index (χ1n) is 4.69. The highest BCUT2D eigenvalue weighted by Gasteiger charge is 2.27. The lowest BCUT2D eigenvalue weighted by Gasteiger charge is -2.08. The van der Waals surface area contributed by atoms with Gasteiger partial charge in [-0.2, -0.15) is 18.4 Å². The maximum absolute atomic E-state index is 12.0. The van der Waals surface area contributed by atoms with Crippen molar-refractivity contribution in [1.29, 1.82) is 5.26 Å². The molecule has 98 valence electrons. The fourth-order valence-electron chi connectivity index (χ4n) is 1.21. The Morgan fingerprint density at radius 3 is 2.56 bits per heavy atom. The second-order valence-corrected chi connectivity index (χ2v) is 4.34. The smallest absolute Gasteiger partial charge is 0.390 e. The summed E-state index contributed by atoms with van der Waals surface area (Å²) < 4.78 is 35.9. The number of rotatable bonds is 4. The van der Waals surface area contributed by atoms with Gasteiger partial charge in [0.1, 0.15) is 15.9 Å². The summed E-state index contributed by atoms with van der Waals surface area (Å²) in [5, 5.41) is 11.2. The van der Waals surface area contributed by atoms with E-state index in [1.165, 1.54) is 0 Å². The van der Waals surface area contributed by atoms with Gasteiger partial charge in [0, 0.05) is 6.54 Å². The minimum atomic E-state index is -4.30. The van der Waals surface area contributed by atoms with Crippen molar-refractivity contribution in [1.82, 2.24) is 0 Å². The highest BCUT2D eigenvalue weighted by molar-refractivity contribution is 7.17. The fraction of sp³-hybridized carbons (Fsp3) is 0.333. The second kappa shape index (κ2) is 5.14. The predicted molar refractivity (Wildman–Crippen MR) is 61.1 cm³/mol. The van der Waals surface area contributed by atoms with E-state index < -0.39 is 25.0 Å². The number of hydrogen-bond acceptors (Lipinski definition) is 5. The summed E-state index contributed by atoms with van der Waals surface area (Å²) in [7, 11) is 0. The summed E-state index contributed by atoms with van der Waals surface area (Å²) in [6.45, 7) is -0.422. The zero-order valence-corrected chi connectivity index (χ0v) is 9.78. The van der Waals surface area contributed by atoms with Crippen LogP contribution in [0.25, 0.3) is 0 Å². The van der Waals surface area contributed by atoms with Crippen molar-refractivity contribution in [2.75, 3.05) is 17.6 Å². The number of nitrogens with zero attached hydrogens (tertiary/aromatic N) is 1. The van der Waals surface area contributed by atoms with Gasteiger partial charge in [-0.25, -0.2) is 0 Å². The Bertz CT molecular complexity index is 503. The quantitative estimate of drug-likeness (QED) is 0.778. The molecule has 0 atom stereocenters. The maximum atomic E-state index is 12.0. The lowest BCUT2D eigenvalue weighted by Crippen LogP contribution is -2.17. The monoisotopic (exact) mass is 278 g/mol. The van der Waals surface area contributed by atoms with Crippen LogP contribution >= 0.6 is 11.3 Å². The molecule has 1 rings (SSSR count). The van der Waals surface area contributed by atoms with Crippen LogP contribution < -0.4 is 16.8 Å². The maximum Gasteiger partial charge on any atom is 0.390 e. The largest absolute Gasteiger partial charge is 0.396 e. The highest BCUT2D eigenvalue weighted by Crippen LogP contribution is 2.35. The Labute approximate surface area is 104 Å². The molecule has 18 heavy (non-hydrogen) atoms. The molecule has 1 amide bonds. The van der Waals surface area contributed by atoms with Crippen molar-refractivity contribution in [2.24, 2.45) is 5.73 Å². The van der Waals surface area contributed by atoms with E-state index in [-0.39, 0.29) is 21.1 Å². The fourth-order valence-corrected chi connectivity index (χ4v) is 2.16. The van der Waals surface area contributed by atoms with Crippen LogP contribution in [0.1, 0.15) is 21.7 Å². The minimum Gasteiger partial charge on any atom is -0.396 e. The Morgan fingerprint density at radius 2 is 2.11 bits per heavy atom. The molecule has 0 radical (unpaired) electrons. The number of nitrogen functional groups attached to an aromatic ring is 1. The molecule has 0 aliphatic carbocycles. The Hall–Kier alpha value is -1.95. The van der Waals surface area contributed by atoms with E-state index in [1.54, 1.807) is 6.07 Å². The van der Waals surface area contributed by atoms with Gasteiger partial charge in [0.15, 0.2) is 0 Å². The molecule has 0 fully saturated rings. The number of carbonyl (C=O) groups excluding carboxylic acids is 1. The van der Waals surface area contributed by atoms with Crippen molar-refractivity contribution in [3.63, 3.8) is 0 Å². The van der Waals surface area contributed by atoms with Crippen LogP contribution in [0.3, 0.4) is 0 Å². The average Bonchev–Trinajstić information content (AvgIpc) is 2.53. The molecular formula is C9H9F3N4OS. The summed E-state index contributed by atoms with van der Waals surface area (Å²) >= 11 is 0.800. The minimum absolute atomic E-state index is 0.0401. The van der Waals surface area contributed by atoms with Crippen molar-refractivity contribution in [3.8, 4) is 6.07 Å². The van der Waals surface area contributed by atoms with E-state index in [9.17, 15) is 18.0 Å². The van der Waals surface area contributed by atoms with E-state index in [1.807, 2.05) is 0 Å². The predicted octanol–water partition coefficient (Wildman–Crippen LogP) is 1.67. The molecule has 0 aromatic carbocycles. The van der Waals surface area contributed by atoms with Gasteiger partial charge in [0.25, 0.3) is 5.91 Å². The number of nitrogens with one attached hydrogen (secondary N) is 1. The molecule has 0 aliphatic rings. The Balaban J connectivity index is 2.89. The van der Waals surface area contributed by atoms with E-state index in [0.29, 0.717) is 0 Å². The van der Waals surface area contributed by atoms with Crippen LogP contribution in [-0.4, -0.2) is 18.6 Å². The van der Waals surface area contributed by atoms with Gasteiger partial charge in [-0.05, 0) is 0 Å². The molecule has 0 bridgehead atoms. The number of alkyl halides is 3. The first-order chi connectivity index (χ1) is 8.26. The molecule has 0 unspecified atom stereocenters. The average molecular weight is 278 g/mol. The second-order valence-electron chi connectivity index (χ2n) is 3.32. The van der Waals surface area contributed by atoms with Crippen LogP contribution in [-0.2, 0) is 0 Å². The summed E-state index contributed by atoms with van der Waals surface area (Å²) in [4.78, 5) is 11.1. The third-order valence-electron chi connectivity index (χ3n) is 1.99. The lowest BCUT2D eigenvalue weighted by atomic mass is 10.2. The van der Waals surface area contributed by atoms with Gasteiger partial charge in [0.2, 0.25) is 0 Å². The number of anilines is 2. The van der Waals surface area contributed by atoms with E-state index in [4.69, 9.17) is 16.7 Å². The topological polar surface area (TPSA) is 105 Å². The Morgan fingerprint density at radius 1 is 1.50 bits per heavy atom. The highest BCUT2D eigenvalue weighted by atomic mass is 32.1. The number of hydrogen-bond donors (Lipinski definition) is 3. The van der Waals surface area contributed by atoms with Crippen LogP contribution in [0.5, 0.6) is 0 Å². The standard InChI is InChI=1S/C9H9F3N4OS/c10-9(11,12)1-2-16-8-5(7(15)17)6(14)4(3-13)18-8/h16H,1-2,14H2,(H2,15,17).